The van der Waals surface area contributed by atoms with Crippen LogP contribution < -0.4 is 9.04 Å². The summed E-state index contributed by atoms with van der Waals surface area (Å²) in [5.41, 5.74) is 0.494. The summed E-state index contributed by atoms with van der Waals surface area (Å²) < 4.78 is 80.4. The third-order valence-electron chi connectivity index (χ3n) is 6.84. The lowest BCUT2D eigenvalue weighted by Crippen LogP contribution is -2.45. The smallest absolute Gasteiger partial charge is 0.416 e. The molecule has 1 saturated heterocycles. The van der Waals surface area contributed by atoms with Crippen LogP contribution in [0, 0.1) is 0 Å². The van der Waals surface area contributed by atoms with Gasteiger partial charge in [0.2, 0.25) is 5.91 Å². The van der Waals surface area contributed by atoms with E-state index in [0.29, 0.717) is 43.0 Å². The first-order valence-corrected chi connectivity index (χ1v) is 14.5. The minimum absolute atomic E-state index is 0.0960. The van der Waals surface area contributed by atoms with Crippen LogP contribution in [-0.4, -0.2) is 58.2 Å². The van der Waals surface area contributed by atoms with E-state index >= 15 is 0 Å². The standard InChI is InChI=1S/C28H26ClF3N2O5S/c29-22-5-1-3-19(15-22)20-7-9-26-25(16-20)34(40(36,37)24-6-2-4-21(17-24)28(30,31)32)18-23(39-26)8-10-27(35)33-11-13-38-14-12-33/h1-7,9,15-17,23H,8,10-14,18H2/t23-/m0/s1. The van der Waals surface area contributed by atoms with Crippen LogP contribution in [0.3, 0.4) is 0 Å². The van der Waals surface area contributed by atoms with E-state index in [1.807, 2.05) is 6.07 Å². The van der Waals surface area contributed by atoms with Crippen molar-refractivity contribution in [1.29, 1.82) is 0 Å². The van der Waals surface area contributed by atoms with Gasteiger partial charge in [-0.15, -0.1) is 0 Å². The number of hydrogen-bond donors (Lipinski definition) is 0. The number of nitrogens with zero attached hydrogens (tertiary/aromatic N) is 2. The lowest BCUT2D eigenvalue weighted by molar-refractivity contribution is -0.138. The molecule has 0 aromatic heterocycles. The Hall–Kier alpha value is -3.28. The summed E-state index contributed by atoms with van der Waals surface area (Å²) in [6.45, 7) is 1.69. The van der Waals surface area contributed by atoms with Gasteiger partial charge < -0.3 is 14.4 Å². The molecule has 212 valence electrons. The summed E-state index contributed by atoms with van der Waals surface area (Å²) >= 11 is 6.15. The highest BCUT2D eigenvalue weighted by Crippen LogP contribution is 2.41. The van der Waals surface area contributed by atoms with E-state index in [0.717, 1.165) is 28.1 Å². The minimum Gasteiger partial charge on any atom is -0.486 e. The number of alkyl halides is 3. The van der Waals surface area contributed by atoms with Gasteiger partial charge in [0.15, 0.2) is 0 Å². The number of amides is 1. The third kappa shape index (κ3) is 6.06. The number of ether oxygens (including phenoxy) is 2. The summed E-state index contributed by atoms with van der Waals surface area (Å²) in [4.78, 5) is 13.9. The molecule has 1 atom stereocenters. The predicted octanol–water partition coefficient (Wildman–Crippen LogP) is 5.62. The van der Waals surface area contributed by atoms with E-state index in [1.165, 1.54) is 0 Å². The second-order valence-electron chi connectivity index (χ2n) is 9.53. The fraction of sp³-hybridized carbons (Fsp3) is 0.321. The zero-order valence-corrected chi connectivity index (χ0v) is 22.8. The number of rotatable bonds is 6. The highest BCUT2D eigenvalue weighted by atomic mass is 35.5. The Balaban J connectivity index is 1.49. The number of morpholine rings is 1. The molecular formula is C28H26ClF3N2O5S. The fourth-order valence-electron chi connectivity index (χ4n) is 4.75. The maximum Gasteiger partial charge on any atom is 0.416 e. The molecule has 1 amide bonds. The highest BCUT2D eigenvalue weighted by Gasteiger charge is 2.37. The van der Waals surface area contributed by atoms with Gasteiger partial charge in [0.25, 0.3) is 10.0 Å². The lowest BCUT2D eigenvalue weighted by Gasteiger charge is -2.36. The van der Waals surface area contributed by atoms with Crippen molar-refractivity contribution in [2.45, 2.75) is 30.0 Å². The molecule has 0 aliphatic carbocycles. The van der Waals surface area contributed by atoms with Crippen molar-refractivity contribution >= 4 is 33.2 Å². The van der Waals surface area contributed by atoms with Crippen molar-refractivity contribution in [3.05, 3.63) is 77.3 Å². The molecule has 7 nitrogen and oxygen atoms in total. The zero-order valence-electron chi connectivity index (χ0n) is 21.2. The topological polar surface area (TPSA) is 76.2 Å². The maximum absolute atomic E-state index is 13.9. The van der Waals surface area contributed by atoms with Crippen molar-refractivity contribution in [1.82, 2.24) is 4.90 Å². The van der Waals surface area contributed by atoms with Crippen LogP contribution in [0.2, 0.25) is 5.02 Å². The summed E-state index contributed by atoms with van der Waals surface area (Å²) in [6, 6.07) is 15.6. The molecule has 5 rings (SSSR count). The first-order chi connectivity index (χ1) is 19.0. The number of benzene rings is 3. The van der Waals surface area contributed by atoms with E-state index in [1.54, 1.807) is 41.3 Å². The lowest BCUT2D eigenvalue weighted by atomic mass is 10.0. The Bertz CT molecular complexity index is 1510. The fourth-order valence-corrected chi connectivity index (χ4v) is 6.49. The first kappa shape index (κ1) is 28.3. The van der Waals surface area contributed by atoms with Crippen molar-refractivity contribution < 1.29 is 35.9 Å². The first-order valence-electron chi connectivity index (χ1n) is 12.6. The van der Waals surface area contributed by atoms with Crippen LogP contribution in [0.15, 0.2) is 71.6 Å². The molecule has 2 heterocycles. The van der Waals surface area contributed by atoms with E-state index in [9.17, 15) is 26.4 Å². The second kappa shape index (κ2) is 11.3. The van der Waals surface area contributed by atoms with E-state index in [4.69, 9.17) is 21.1 Å². The SMILES string of the molecule is O=C(CC[C@H]1CN(S(=O)(=O)c2cccc(C(F)(F)F)c2)c2cc(-c3cccc(Cl)c3)ccc2O1)N1CCOCC1. The number of hydrogen-bond acceptors (Lipinski definition) is 5. The molecule has 3 aromatic rings. The number of carbonyl (C=O) groups excluding carboxylic acids is 1. The Morgan fingerprint density at radius 2 is 1.70 bits per heavy atom. The van der Waals surface area contributed by atoms with Gasteiger partial charge in [-0.3, -0.25) is 9.10 Å². The quantitative estimate of drug-likeness (QED) is 0.370. The molecule has 2 aliphatic rings. The average Bonchev–Trinajstić information content (AvgIpc) is 2.95. The molecule has 12 heteroatoms. The molecule has 0 radical (unpaired) electrons. The number of carbonyl (C=O) groups is 1. The molecule has 0 N–H and O–H groups in total. The van der Waals surface area contributed by atoms with Gasteiger partial charge in [-0.2, -0.15) is 13.2 Å². The minimum atomic E-state index is -4.71. The molecule has 3 aromatic carbocycles. The number of fused-ring (bicyclic) bond motifs is 1. The number of sulfonamides is 1. The molecule has 40 heavy (non-hydrogen) atoms. The summed E-state index contributed by atoms with van der Waals surface area (Å²) in [5, 5.41) is 0.491. The van der Waals surface area contributed by atoms with Gasteiger partial charge >= 0.3 is 6.18 Å². The summed E-state index contributed by atoms with van der Waals surface area (Å²) in [7, 11) is -4.44. The van der Waals surface area contributed by atoms with Crippen LogP contribution in [0.25, 0.3) is 11.1 Å². The van der Waals surface area contributed by atoms with Crippen LogP contribution >= 0.6 is 11.6 Å². The van der Waals surface area contributed by atoms with Gasteiger partial charge in [-0.1, -0.05) is 35.9 Å². The number of halogens is 4. The van der Waals surface area contributed by atoms with Crippen LogP contribution in [-0.2, 0) is 25.7 Å². The van der Waals surface area contributed by atoms with Crippen molar-refractivity contribution in [2.24, 2.45) is 0 Å². The Labute approximate surface area is 235 Å². The highest BCUT2D eigenvalue weighted by molar-refractivity contribution is 7.92. The Morgan fingerprint density at radius 1 is 0.975 bits per heavy atom. The van der Waals surface area contributed by atoms with Crippen molar-refractivity contribution in [3.63, 3.8) is 0 Å². The third-order valence-corrected chi connectivity index (χ3v) is 8.85. The average molecular weight is 595 g/mol. The summed E-state index contributed by atoms with van der Waals surface area (Å²) in [5.74, 6) is 0.151. The van der Waals surface area contributed by atoms with Gasteiger partial charge in [-0.05, 0) is 60.0 Å². The van der Waals surface area contributed by atoms with Crippen LogP contribution in [0.5, 0.6) is 5.75 Å². The monoisotopic (exact) mass is 594 g/mol. The van der Waals surface area contributed by atoms with Crippen LogP contribution in [0.4, 0.5) is 18.9 Å². The zero-order chi connectivity index (χ0) is 28.5. The van der Waals surface area contributed by atoms with Crippen LogP contribution in [0.1, 0.15) is 18.4 Å². The van der Waals surface area contributed by atoms with Crippen molar-refractivity contribution in [2.75, 3.05) is 37.2 Å². The van der Waals surface area contributed by atoms with Gasteiger partial charge in [0.1, 0.15) is 11.9 Å². The molecule has 0 unspecified atom stereocenters. The molecule has 0 saturated carbocycles. The van der Waals surface area contributed by atoms with E-state index in [-0.39, 0.29) is 36.7 Å². The van der Waals surface area contributed by atoms with E-state index < -0.39 is 32.8 Å². The summed E-state index contributed by atoms with van der Waals surface area (Å²) in [6.07, 6.45) is -5.07. The molecule has 0 spiro atoms. The largest absolute Gasteiger partial charge is 0.486 e. The molecule has 1 fully saturated rings. The number of anilines is 1. The second-order valence-corrected chi connectivity index (χ2v) is 11.8. The predicted molar refractivity (Wildman–Crippen MR) is 144 cm³/mol. The molecule has 2 aliphatic heterocycles. The maximum atomic E-state index is 13.9. The van der Waals surface area contributed by atoms with E-state index in [2.05, 4.69) is 0 Å². The van der Waals surface area contributed by atoms with Crippen molar-refractivity contribution in [3.8, 4) is 16.9 Å². The Morgan fingerprint density at radius 3 is 2.42 bits per heavy atom. The normalized spacial score (nSPS) is 17.8. The van der Waals surface area contributed by atoms with Gasteiger partial charge in [-0.25, -0.2) is 8.42 Å². The Kier molecular flexibility index (Phi) is 7.98. The van der Waals surface area contributed by atoms with Gasteiger partial charge in [0.05, 0.1) is 35.9 Å². The van der Waals surface area contributed by atoms with Gasteiger partial charge in [0, 0.05) is 24.5 Å². The molecule has 0 bridgehead atoms. The molecular weight excluding hydrogens is 569 g/mol.